The molecule has 1 N–H and O–H groups in total. The highest BCUT2D eigenvalue weighted by molar-refractivity contribution is 7.13. The van der Waals surface area contributed by atoms with Crippen LogP contribution in [0.15, 0.2) is 29.9 Å². The highest BCUT2D eigenvalue weighted by Gasteiger charge is 2.31. The van der Waals surface area contributed by atoms with E-state index >= 15 is 0 Å². The molecule has 2 aromatic rings. The second-order valence-corrected chi connectivity index (χ2v) is 7.09. The summed E-state index contributed by atoms with van der Waals surface area (Å²) in [4.78, 5) is 23.4. The molecule has 4 rings (SSSR count). The zero-order valence-corrected chi connectivity index (χ0v) is 14.2. The van der Waals surface area contributed by atoms with Crippen molar-refractivity contribution >= 4 is 22.4 Å². The van der Waals surface area contributed by atoms with Crippen LogP contribution in [0.4, 0.5) is 5.13 Å². The Morgan fingerprint density at radius 2 is 2.38 bits per heavy atom. The number of amides is 1. The molecule has 3 heterocycles. The molecule has 7 heteroatoms. The van der Waals surface area contributed by atoms with Crippen molar-refractivity contribution in [3.05, 3.63) is 41.2 Å². The van der Waals surface area contributed by atoms with Gasteiger partial charge in [-0.05, 0) is 30.9 Å². The van der Waals surface area contributed by atoms with E-state index < -0.39 is 0 Å². The monoisotopic (exact) mass is 344 g/mol. The quantitative estimate of drug-likeness (QED) is 0.903. The van der Waals surface area contributed by atoms with Crippen molar-refractivity contribution in [2.45, 2.75) is 18.9 Å². The Balaban J connectivity index is 1.50. The first-order valence-electron chi connectivity index (χ1n) is 8.29. The highest BCUT2D eigenvalue weighted by atomic mass is 32.1. The number of aromatic nitrogens is 2. The number of carbonyl (C=O) groups excluding carboxylic acids is 1. The molecule has 1 aliphatic carbocycles. The Kier molecular flexibility index (Phi) is 4.44. The Bertz CT molecular complexity index is 702. The number of pyridine rings is 1. The number of nitrogens with zero attached hydrogens (tertiary/aromatic N) is 3. The summed E-state index contributed by atoms with van der Waals surface area (Å²) in [7, 11) is 0. The van der Waals surface area contributed by atoms with Crippen molar-refractivity contribution in [2.24, 2.45) is 5.92 Å². The van der Waals surface area contributed by atoms with Crippen LogP contribution in [-0.2, 0) is 4.74 Å². The molecule has 1 saturated carbocycles. The minimum Gasteiger partial charge on any atom is -0.377 e. The van der Waals surface area contributed by atoms with E-state index in [0.29, 0.717) is 25.3 Å². The van der Waals surface area contributed by atoms with Crippen LogP contribution in [0.1, 0.15) is 34.9 Å². The van der Waals surface area contributed by atoms with Crippen LogP contribution in [0.3, 0.4) is 0 Å². The van der Waals surface area contributed by atoms with Gasteiger partial charge in [0.15, 0.2) is 5.13 Å². The summed E-state index contributed by atoms with van der Waals surface area (Å²) in [6.45, 7) is 2.60. The van der Waals surface area contributed by atoms with E-state index in [2.05, 4.69) is 15.3 Å². The normalized spacial score (nSPS) is 20.8. The molecule has 1 aliphatic heterocycles. The number of hydrogen-bond donors (Lipinski definition) is 1. The van der Waals surface area contributed by atoms with Gasteiger partial charge in [-0.1, -0.05) is 0 Å². The molecule has 126 valence electrons. The fourth-order valence-electron chi connectivity index (χ4n) is 2.82. The number of hydrogen-bond acceptors (Lipinski definition) is 6. The molecular weight excluding hydrogens is 324 g/mol. The predicted octanol–water partition coefficient (Wildman–Crippen LogP) is 2.57. The zero-order chi connectivity index (χ0) is 16.4. The van der Waals surface area contributed by atoms with Crippen LogP contribution >= 0.6 is 11.3 Å². The third kappa shape index (κ3) is 3.42. The maximum Gasteiger partial charge on any atom is 0.256 e. The summed E-state index contributed by atoms with van der Waals surface area (Å²) in [5, 5.41) is 6.35. The van der Waals surface area contributed by atoms with E-state index in [4.69, 9.17) is 4.74 Å². The Morgan fingerprint density at radius 3 is 3.17 bits per heavy atom. The van der Waals surface area contributed by atoms with Gasteiger partial charge in [0.25, 0.3) is 5.91 Å². The van der Waals surface area contributed by atoms with E-state index in [0.717, 1.165) is 23.3 Å². The molecule has 1 saturated heterocycles. The first-order valence-corrected chi connectivity index (χ1v) is 9.17. The smallest absolute Gasteiger partial charge is 0.256 e. The molecule has 0 aromatic carbocycles. The molecular formula is C17H20N4O2S. The Labute approximate surface area is 144 Å². The average molecular weight is 344 g/mol. The minimum atomic E-state index is -0.140. The van der Waals surface area contributed by atoms with Crippen molar-refractivity contribution in [3.63, 3.8) is 0 Å². The first-order chi connectivity index (χ1) is 11.8. The van der Waals surface area contributed by atoms with Gasteiger partial charge in [-0.3, -0.25) is 9.78 Å². The van der Waals surface area contributed by atoms with E-state index in [1.807, 2.05) is 10.3 Å². The SMILES string of the molecule is O=C(c1cccnc1)N1CCOCC1c1csc(NCC2CC2)n1. The van der Waals surface area contributed by atoms with Gasteiger partial charge in [-0.2, -0.15) is 0 Å². The number of carbonyl (C=O) groups is 1. The molecule has 0 radical (unpaired) electrons. The largest absolute Gasteiger partial charge is 0.377 e. The minimum absolute atomic E-state index is 0.0168. The standard InChI is InChI=1S/C17H20N4O2S/c22-16(13-2-1-5-18-9-13)21-6-7-23-10-15(21)14-11-24-17(20-14)19-8-12-3-4-12/h1-2,5,9,11-12,15H,3-4,6-8,10H2,(H,19,20). The van der Waals surface area contributed by atoms with Crippen LogP contribution in [0, 0.1) is 5.92 Å². The summed E-state index contributed by atoms with van der Waals surface area (Å²) in [6, 6.07) is 3.44. The fraction of sp³-hybridized carbons (Fsp3) is 0.471. The van der Waals surface area contributed by atoms with Crippen molar-refractivity contribution in [1.82, 2.24) is 14.9 Å². The van der Waals surface area contributed by atoms with Crippen LogP contribution in [0.25, 0.3) is 0 Å². The van der Waals surface area contributed by atoms with Gasteiger partial charge in [0.1, 0.15) is 0 Å². The van der Waals surface area contributed by atoms with Gasteiger partial charge >= 0.3 is 0 Å². The molecule has 6 nitrogen and oxygen atoms in total. The van der Waals surface area contributed by atoms with Crippen molar-refractivity contribution in [1.29, 1.82) is 0 Å². The molecule has 2 aromatic heterocycles. The molecule has 0 spiro atoms. The lowest BCUT2D eigenvalue weighted by Gasteiger charge is -2.34. The van der Waals surface area contributed by atoms with Crippen molar-refractivity contribution in [2.75, 3.05) is 31.6 Å². The topological polar surface area (TPSA) is 67.4 Å². The lowest BCUT2D eigenvalue weighted by molar-refractivity contribution is -0.00373. The predicted molar refractivity (Wildman–Crippen MR) is 92.2 cm³/mol. The van der Waals surface area contributed by atoms with E-state index in [-0.39, 0.29) is 11.9 Å². The number of nitrogens with one attached hydrogen (secondary N) is 1. The number of ether oxygens (including phenoxy) is 1. The van der Waals surface area contributed by atoms with Crippen molar-refractivity contribution < 1.29 is 9.53 Å². The number of thiazole rings is 1. The van der Waals surface area contributed by atoms with Gasteiger partial charge in [-0.25, -0.2) is 4.98 Å². The maximum atomic E-state index is 12.8. The van der Waals surface area contributed by atoms with Crippen LogP contribution in [0.5, 0.6) is 0 Å². The van der Waals surface area contributed by atoms with Gasteiger partial charge in [0.2, 0.25) is 0 Å². The summed E-state index contributed by atoms with van der Waals surface area (Å²) in [5.74, 6) is 0.788. The second kappa shape index (κ2) is 6.86. The van der Waals surface area contributed by atoms with Gasteiger partial charge in [-0.15, -0.1) is 11.3 Å². The number of rotatable bonds is 5. The summed E-state index contributed by atoms with van der Waals surface area (Å²) >= 11 is 1.59. The lowest BCUT2D eigenvalue weighted by Crippen LogP contribution is -2.43. The number of morpholine rings is 1. The van der Waals surface area contributed by atoms with E-state index in [9.17, 15) is 4.79 Å². The van der Waals surface area contributed by atoms with Crippen LogP contribution in [-0.4, -0.2) is 47.1 Å². The summed E-state index contributed by atoms with van der Waals surface area (Å²) in [6.07, 6.45) is 5.91. The van der Waals surface area contributed by atoms with Crippen molar-refractivity contribution in [3.8, 4) is 0 Å². The Morgan fingerprint density at radius 1 is 1.46 bits per heavy atom. The number of anilines is 1. The molecule has 24 heavy (non-hydrogen) atoms. The summed E-state index contributed by atoms with van der Waals surface area (Å²) in [5.41, 5.74) is 1.50. The molecule has 2 fully saturated rings. The van der Waals surface area contributed by atoms with Gasteiger partial charge in [0.05, 0.1) is 30.5 Å². The van der Waals surface area contributed by atoms with Crippen LogP contribution in [0.2, 0.25) is 0 Å². The molecule has 1 amide bonds. The molecule has 1 unspecified atom stereocenters. The lowest BCUT2D eigenvalue weighted by atomic mass is 10.1. The fourth-order valence-corrected chi connectivity index (χ4v) is 3.59. The molecule has 1 atom stereocenters. The first kappa shape index (κ1) is 15.5. The third-order valence-corrected chi connectivity index (χ3v) is 5.22. The van der Waals surface area contributed by atoms with Gasteiger partial charge < -0.3 is 15.0 Å². The zero-order valence-electron chi connectivity index (χ0n) is 13.4. The maximum absolute atomic E-state index is 12.8. The Hall–Kier alpha value is -1.99. The second-order valence-electron chi connectivity index (χ2n) is 6.23. The van der Waals surface area contributed by atoms with E-state index in [1.165, 1.54) is 12.8 Å². The highest BCUT2D eigenvalue weighted by Crippen LogP contribution is 2.31. The third-order valence-electron chi connectivity index (χ3n) is 4.40. The summed E-state index contributed by atoms with van der Waals surface area (Å²) < 4.78 is 5.60. The van der Waals surface area contributed by atoms with Gasteiger partial charge in [0, 0.05) is 30.9 Å². The average Bonchev–Trinajstić information content (AvgIpc) is 3.36. The molecule has 0 bridgehead atoms. The molecule has 2 aliphatic rings. The van der Waals surface area contributed by atoms with E-state index in [1.54, 1.807) is 35.9 Å². The van der Waals surface area contributed by atoms with Crippen LogP contribution < -0.4 is 5.32 Å².